The standard InChI is InChI=1S/C23H15ClN4OS2/c24-20-17-9-4-5-10-18(17)31-22(20)23(29)26-25-13-15-14-28(16-7-2-1-3-8-16)27-21(15)19-11-6-12-30-19/h1-14H,(H,26,29). The molecule has 0 atom stereocenters. The summed E-state index contributed by atoms with van der Waals surface area (Å²) < 4.78 is 2.77. The number of aromatic nitrogens is 2. The van der Waals surface area contributed by atoms with Crippen LogP contribution < -0.4 is 5.43 Å². The first-order valence-electron chi connectivity index (χ1n) is 9.40. The molecule has 0 bridgehead atoms. The van der Waals surface area contributed by atoms with E-state index in [2.05, 4.69) is 10.5 Å². The number of hydrazone groups is 1. The number of hydrogen-bond acceptors (Lipinski definition) is 5. The van der Waals surface area contributed by atoms with Gasteiger partial charge in [-0.15, -0.1) is 22.7 Å². The Labute approximate surface area is 191 Å². The van der Waals surface area contributed by atoms with E-state index in [1.54, 1.807) is 22.2 Å². The summed E-state index contributed by atoms with van der Waals surface area (Å²) in [7, 11) is 0. The summed E-state index contributed by atoms with van der Waals surface area (Å²) in [6.45, 7) is 0. The first-order valence-corrected chi connectivity index (χ1v) is 11.5. The van der Waals surface area contributed by atoms with E-state index in [4.69, 9.17) is 16.7 Å². The maximum Gasteiger partial charge on any atom is 0.283 e. The smallest absolute Gasteiger partial charge is 0.266 e. The van der Waals surface area contributed by atoms with Gasteiger partial charge in [0, 0.05) is 21.8 Å². The Kier molecular flexibility index (Phi) is 5.38. The molecule has 5 nitrogen and oxygen atoms in total. The fourth-order valence-electron chi connectivity index (χ4n) is 3.17. The predicted molar refractivity (Wildman–Crippen MR) is 129 cm³/mol. The van der Waals surface area contributed by atoms with E-state index >= 15 is 0 Å². The summed E-state index contributed by atoms with van der Waals surface area (Å²) in [6.07, 6.45) is 3.51. The molecule has 3 heterocycles. The maximum absolute atomic E-state index is 12.6. The molecule has 0 saturated heterocycles. The highest BCUT2D eigenvalue weighted by molar-refractivity contribution is 7.21. The average molecular weight is 463 g/mol. The molecule has 1 N–H and O–H groups in total. The number of rotatable bonds is 5. The lowest BCUT2D eigenvalue weighted by atomic mass is 10.2. The molecule has 8 heteroatoms. The van der Waals surface area contributed by atoms with E-state index in [-0.39, 0.29) is 5.91 Å². The van der Waals surface area contributed by atoms with Crippen LogP contribution in [-0.4, -0.2) is 21.9 Å². The van der Waals surface area contributed by atoms with Crippen molar-refractivity contribution in [2.45, 2.75) is 0 Å². The van der Waals surface area contributed by atoms with Gasteiger partial charge in [0.1, 0.15) is 10.6 Å². The number of hydrogen-bond donors (Lipinski definition) is 1. The van der Waals surface area contributed by atoms with E-state index in [0.29, 0.717) is 9.90 Å². The van der Waals surface area contributed by atoms with Gasteiger partial charge in [-0.3, -0.25) is 4.79 Å². The van der Waals surface area contributed by atoms with Crippen molar-refractivity contribution in [2.24, 2.45) is 5.10 Å². The molecule has 3 aromatic heterocycles. The minimum absolute atomic E-state index is 0.337. The van der Waals surface area contributed by atoms with Crippen LogP contribution in [0.5, 0.6) is 0 Å². The average Bonchev–Trinajstić information content (AvgIpc) is 3.54. The van der Waals surface area contributed by atoms with Crippen molar-refractivity contribution in [3.05, 3.63) is 93.8 Å². The number of amides is 1. The zero-order valence-electron chi connectivity index (χ0n) is 16.0. The number of fused-ring (bicyclic) bond motifs is 1. The fraction of sp³-hybridized carbons (Fsp3) is 0. The molecule has 0 aliphatic rings. The third-order valence-electron chi connectivity index (χ3n) is 4.63. The number of thiophene rings is 2. The molecule has 0 radical (unpaired) electrons. The van der Waals surface area contributed by atoms with Crippen LogP contribution in [0.1, 0.15) is 15.2 Å². The van der Waals surface area contributed by atoms with Gasteiger partial charge < -0.3 is 0 Å². The van der Waals surface area contributed by atoms with Crippen LogP contribution in [0.4, 0.5) is 0 Å². The van der Waals surface area contributed by atoms with Gasteiger partial charge in [0.25, 0.3) is 5.91 Å². The SMILES string of the molecule is O=C(NN=Cc1cn(-c2ccccc2)nc1-c1cccs1)c1sc2ccccc2c1Cl. The molecule has 0 unspecified atom stereocenters. The quantitative estimate of drug-likeness (QED) is 0.248. The predicted octanol–water partition coefficient (Wildman–Crippen LogP) is 6.23. The minimum atomic E-state index is -0.337. The monoisotopic (exact) mass is 462 g/mol. The summed E-state index contributed by atoms with van der Waals surface area (Å²) in [6, 6.07) is 21.5. The van der Waals surface area contributed by atoms with Crippen molar-refractivity contribution < 1.29 is 4.79 Å². The van der Waals surface area contributed by atoms with Gasteiger partial charge in [0.05, 0.1) is 21.8 Å². The van der Waals surface area contributed by atoms with E-state index in [1.807, 2.05) is 78.3 Å². The second-order valence-corrected chi connectivity index (χ2v) is 9.01. The first-order chi connectivity index (χ1) is 15.2. The summed E-state index contributed by atoms with van der Waals surface area (Å²) in [4.78, 5) is 14.1. The van der Waals surface area contributed by atoms with Gasteiger partial charge in [0.2, 0.25) is 0 Å². The lowest BCUT2D eigenvalue weighted by molar-refractivity contribution is 0.0959. The lowest BCUT2D eigenvalue weighted by Crippen LogP contribution is -2.16. The van der Waals surface area contributed by atoms with Crippen LogP contribution in [-0.2, 0) is 0 Å². The van der Waals surface area contributed by atoms with Crippen molar-refractivity contribution in [1.82, 2.24) is 15.2 Å². The maximum atomic E-state index is 12.6. The molecule has 0 fully saturated rings. The molecule has 2 aromatic carbocycles. The molecule has 5 aromatic rings. The highest BCUT2D eigenvalue weighted by Gasteiger charge is 2.17. The Morgan fingerprint density at radius 3 is 2.65 bits per heavy atom. The Hall–Kier alpha value is -3.26. The van der Waals surface area contributed by atoms with Crippen molar-refractivity contribution in [3.63, 3.8) is 0 Å². The number of halogens is 1. The summed E-state index contributed by atoms with van der Waals surface area (Å²) >= 11 is 9.34. The zero-order valence-corrected chi connectivity index (χ0v) is 18.4. The number of para-hydroxylation sites is 1. The Balaban J connectivity index is 1.43. The van der Waals surface area contributed by atoms with Crippen LogP contribution in [0.15, 0.2) is 83.4 Å². The second-order valence-electron chi connectivity index (χ2n) is 6.63. The van der Waals surface area contributed by atoms with Crippen LogP contribution in [0, 0.1) is 0 Å². The molecule has 31 heavy (non-hydrogen) atoms. The second kappa shape index (κ2) is 8.47. The highest BCUT2D eigenvalue weighted by Crippen LogP contribution is 2.35. The highest BCUT2D eigenvalue weighted by atomic mass is 35.5. The Morgan fingerprint density at radius 2 is 1.87 bits per heavy atom. The summed E-state index contributed by atoms with van der Waals surface area (Å²) in [5.41, 5.74) is 5.14. The van der Waals surface area contributed by atoms with Gasteiger partial charge in [0.15, 0.2) is 0 Å². The largest absolute Gasteiger partial charge is 0.283 e. The molecular formula is C23H15ClN4OS2. The van der Waals surface area contributed by atoms with Crippen LogP contribution in [0.2, 0.25) is 5.02 Å². The van der Waals surface area contributed by atoms with Gasteiger partial charge in [-0.1, -0.05) is 54.1 Å². The van der Waals surface area contributed by atoms with Crippen LogP contribution >= 0.6 is 34.3 Å². The number of nitrogens with zero attached hydrogens (tertiary/aromatic N) is 3. The van der Waals surface area contributed by atoms with Crippen molar-refractivity contribution >= 4 is 56.5 Å². The minimum Gasteiger partial charge on any atom is -0.266 e. The van der Waals surface area contributed by atoms with E-state index in [1.165, 1.54) is 11.3 Å². The third-order valence-corrected chi connectivity index (χ3v) is 7.18. The molecule has 0 saturated carbocycles. The Bertz CT molecular complexity index is 1390. The van der Waals surface area contributed by atoms with E-state index < -0.39 is 0 Å². The molecule has 5 rings (SSSR count). The van der Waals surface area contributed by atoms with Gasteiger partial charge >= 0.3 is 0 Å². The van der Waals surface area contributed by atoms with Crippen LogP contribution in [0.25, 0.3) is 26.3 Å². The van der Waals surface area contributed by atoms with E-state index in [0.717, 1.165) is 31.9 Å². The van der Waals surface area contributed by atoms with Gasteiger partial charge in [-0.25, -0.2) is 10.1 Å². The number of benzene rings is 2. The number of nitrogens with one attached hydrogen (secondary N) is 1. The zero-order chi connectivity index (χ0) is 21.2. The lowest BCUT2D eigenvalue weighted by Gasteiger charge is -1.98. The van der Waals surface area contributed by atoms with Crippen LogP contribution in [0.3, 0.4) is 0 Å². The van der Waals surface area contributed by atoms with E-state index in [9.17, 15) is 4.79 Å². The molecule has 0 spiro atoms. The fourth-order valence-corrected chi connectivity index (χ4v) is 5.31. The number of carbonyl (C=O) groups is 1. The van der Waals surface area contributed by atoms with Crippen molar-refractivity contribution in [2.75, 3.05) is 0 Å². The normalized spacial score (nSPS) is 11.4. The first kappa shape index (κ1) is 19.7. The third kappa shape index (κ3) is 3.90. The molecule has 0 aliphatic heterocycles. The van der Waals surface area contributed by atoms with Gasteiger partial charge in [-0.05, 0) is 29.6 Å². The van der Waals surface area contributed by atoms with Gasteiger partial charge in [-0.2, -0.15) is 10.2 Å². The van der Waals surface area contributed by atoms with Crippen molar-refractivity contribution in [1.29, 1.82) is 0 Å². The summed E-state index contributed by atoms with van der Waals surface area (Å²) in [5, 5.41) is 12.2. The molecular weight excluding hydrogens is 448 g/mol. The summed E-state index contributed by atoms with van der Waals surface area (Å²) in [5.74, 6) is -0.337. The van der Waals surface area contributed by atoms with Crippen molar-refractivity contribution in [3.8, 4) is 16.3 Å². The molecule has 152 valence electrons. The Morgan fingerprint density at radius 1 is 1.06 bits per heavy atom. The molecule has 1 amide bonds. The topological polar surface area (TPSA) is 59.3 Å². The molecule has 0 aliphatic carbocycles. The number of carbonyl (C=O) groups excluding carboxylic acids is 1.